The number of benzene rings is 1. The quantitative estimate of drug-likeness (QED) is 0.583. The van der Waals surface area contributed by atoms with Gasteiger partial charge in [-0.3, -0.25) is 19.3 Å². The van der Waals surface area contributed by atoms with Crippen molar-refractivity contribution in [1.82, 2.24) is 10.2 Å². The SMILES string of the molecule is CC[C@@]1(C)NC(=O)N(CC(=O)OCC(=O)Nc2c(C)cc(C)cc2C)C1=O. The van der Waals surface area contributed by atoms with E-state index in [0.717, 1.165) is 21.6 Å². The Balaban J connectivity index is 1.90. The molecule has 0 spiro atoms. The van der Waals surface area contributed by atoms with Crippen molar-refractivity contribution in [1.29, 1.82) is 0 Å². The van der Waals surface area contributed by atoms with Crippen LogP contribution in [-0.2, 0) is 19.1 Å². The van der Waals surface area contributed by atoms with Crippen molar-refractivity contribution in [2.75, 3.05) is 18.5 Å². The maximum Gasteiger partial charge on any atom is 0.326 e. The van der Waals surface area contributed by atoms with Crippen LogP contribution in [0.15, 0.2) is 12.1 Å². The number of aryl methyl sites for hydroxylation is 3. The van der Waals surface area contributed by atoms with E-state index in [-0.39, 0.29) is 0 Å². The molecule has 4 amide bonds. The van der Waals surface area contributed by atoms with Gasteiger partial charge in [0.05, 0.1) is 0 Å². The van der Waals surface area contributed by atoms with Gasteiger partial charge < -0.3 is 15.4 Å². The maximum atomic E-state index is 12.2. The van der Waals surface area contributed by atoms with E-state index in [1.54, 1.807) is 13.8 Å². The van der Waals surface area contributed by atoms with Crippen LogP contribution >= 0.6 is 0 Å². The molecule has 27 heavy (non-hydrogen) atoms. The van der Waals surface area contributed by atoms with Crippen molar-refractivity contribution < 1.29 is 23.9 Å². The van der Waals surface area contributed by atoms with Gasteiger partial charge in [-0.05, 0) is 45.2 Å². The van der Waals surface area contributed by atoms with Crippen molar-refractivity contribution in [3.8, 4) is 0 Å². The summed E-state index contributed by atoms with van der Waals surface area (Å²) in [6, 6.07) is 3.24. The number of ether oxygens (including phenoxy) is 1. The lowest BCUT2D eigenvalue weighted by Gasteiger charge is -2.18. The van der Waals surface area contributed by atoms with E-state index in [1.165, 1.54) is 0 Å². The number of rotatable bonds is 6. The van der Waals surface area contributed by atoms with Gasteiger partial charge >= 0.3 is 12.0 Å². The molecule has 0 aliphatic carbocycles. The molecule has 1 aliphatic rings. The molecule has 8 heteroatoms. The largest absolute Gasteiger partial charge is 0.454 e. The van der Waals surface area contributed by atoms with E-state index < -0.39 is 42.5 Å². The summed E-state index contributed by atoms with van der Waals surface area (Å²) in [6.07, 6.45) is 0.404. The monoisotopic (exact) mass is 375 g/mol. The van der Waals surface area contributed by atoms with Crippen LogP contribution in [0.1, 0.15) is 37.0 Å². The number of amides is 4. The van der Waals surface area contributed by atoms with E-state index >= 15 is 0 Å². The lowest BCUT2D eigenvalue weighted by atomic mass is 9.99. The molecule has 1 aliphatic heterocycles. The highest BCUT2D eigenvalue weighted by Crippen LogP contribution is 2.22. The fourth-order valence-electron chi connectivity index (χ4n) is 3.00. The van der Waals surface area contributed by atoms with Gasteiger partial charge in [-0.15, -0.1) is 0 Å². The average molecular weight is 375 g/mol. The topological polar surface area (TPSA) is 105 Å². The number of imide groups is 1. The number of anilines is 1. The lowest BCUT2D eigenvalue weighted by Crippen LogP contribution is -2.43. The zero-order valence-electron chi connectivity index (χ0n) is 16.3. The first-order valence-corrected chi connectivity index (χ1v) is 8.75. The molecule has 146 valence electrons. The first kappa shape index (κ1) is 20.4. The van der Waals surface area contributed by atoms with Crippen LogP contribution in [0.25, 0.3) is 0 Å². The summed E-state index contributed by atoms with van der Waals surface area (Å²) in [6.45, 7) is 8.05. The highest BCUT2D eigenvalue weighted by Gasteiger charge is 2.47. The molecule has 1 fully saturated rings. The third-order valence-corrected chi connectivity index (χ3v) is 4.65. The van der Waals surface area contributed by atoms with E-state index in [0.29, 0.717) is 12.1 Å². The van der Waals surface area contributed by atoms with Gasteiger partial charge in [0, 0.05) is 5.69 Å². The summed E-state index contributed by atoms with van der Waals surface area (Å²) in [5, 5.41) is 5.27. The minimum atomic E-state index is -1.02. The second-order valence-corrected chi connectivity index (χ2v) is 6.99. The zero-order chi connectivity index (χ0) is 20.4. The second-order valence-electron chi connectivity index (χ2n) is 6.99. The first-order valence-electron chi connectivity index (χ1n) is 8.75. The van der Waals surface area contributed by atoms with Gasteiger partial charge in [0.25, 0.3) is 11.8 Å². The smallest absolute Gasteiger partial charge is 0.326 e. The van der Waals surface area contributed by atoms with Crippen LogP contribution in [0.3, 0.4) is 0 Å². The van der Waals surface area contributed by atoms with Crippen LogP contribution in [0, 0.1) is 20.8 Å². The molecule has 1 aromatic rings. The van der Waals surface area contributed by atoms with E-state index in [1.807, 2.05) is 32.9 Å². The van der Waals surface area contributed by atoms with Crippen molar-refractivity contribution >= 4 is 29.5 Å². The summed E-state index contributed by atoms with van der Waals surface area (Å²) in [4.78, 5) is 49.0. The van der Waals surface area contributed by atoms with Crippen LogP contribution in [0.5, 0.6) is 0 Å². The molecule has 8 nitrogen and oxygen atoms in total. The summed E-state index contributed by atoms with van der Waals surface area (Å²) in [5.41, 5.74) is 2.56. The molecule has 1 aromatic carbocycles. The average Bonchev–Trinajstić information content (AvgIpc) is 2.80. The first-order chi connectivity index (χ1) is 12.6. The summed E-state index contributed by atoms with van der Waals surface area (Å²) >= 11 is 0. The Morgan fingerprint density at radius 1 is 1.19 bits per heavy atom. The van der Waals surface area contributed by atoms with Crippen molar-refractivity contribution in [2.24, 2.45) is 0 Å². The van der Waals surface area contributed by atoms with Gasteiger partial charge in [0.2, 0.25) is 0 Å². The molecule has 0 radical (unpaired) electrons. The van der Waals surface area contributed by atoms with Crippen LogP contribution < -0.4 is 10.6 Å². The Bertz CT molecular complexity index is 782. The molecule has 1 heterocycles. The third-order valence-electron chi connectivity index (χ3n) is 4.65. The van der Waals surface area contributed by atoms with Gasteiger partial charge in [0.1, 0.15) is 12.1 Å². The molecule has 2 rings (SSSR count). The summed E-state index contributed by atoms with van der Waals surface area (Å²) in [5.74, 6) is -1.80. The highest BCUT2D eigenvalue weighted by molar-refractivity contribution is 6.08. The number of carbonyl (C=O) groups excluding carboxylic acids is 4. The number of nitrogens with zero attached hydrogens (tertiary/aromatic N) is 1. The van der Waals surface area contributed by atoms with Crippen molar-refractivity contribution in [3.63, 3.8) is 0 Å². The standard InChI is InChI=1S/C19H25N3O5/c1-6-19(5)17(25)22(18(26)21-19)9-15(24)27-10-14(23)20-16-12(3)7-11(2)8-13(16)4/h7-8H,6,9-10H2,1-5H3,(H,20,23)(H,21,26)/t19-/m1/s1. The van der Waals surface area contributed by atoms with Crippen LogP contribution in [0.2, 0.25) is 0 Å². The van der Waals surface area contributed by atoms with Crippen molar-refractivity contribution in [2.45, 2.75) is 46.6 Å². The van der Waals surface area contributed by atoms with Gasteiger partial charge in [-0.25, -0.2) is 4.79 Å². The number of urea groups is 1. The fourth-order valence-corrected chi connectivity index (χ4v) is 3.00. The number of nitrogens with one attached hydrogen (secondary N) is 2. The Morgan fingerprint density at radius 3 is 2.30 bits per heavy atom. The van der Waals surface area contributed by atoms with E-state index in [4.69, 9.17) is 4.74 Å². The maximum absolute atomic E-state index is 12.2. The molecule has 0 aromatic heterocycles. The molecule has 1 atom stereocenters. The van der Waals surface area contributed by atoms with Crippen LogP contribution in [0.4, 0.5) is 10.5 Å². The number of hydrogen-bond acceptors (Lipinski definition) is 5. The Labute approximate surface area is 158 Å². The molecule has 0 saturated carbocycles. The minimum absolute atomic E-state index is 0.404. The molecule has 2 N–H and O–H groups in total. The van der Waals surface area contributed by atoms with Gasteiger partial charge in [0.15, 0.2) is 6.61 Å². The normalized spacial score (nSPS) is 19.1. The second kappa shape index (κ2) is 7.77. The third kappa shape index (κ3) is 4.45. The van der Waals surface area contributed by atoms with E-state index in [2.05, 4.69) is 10.6 Å². The minimum Gasteiger partial charge on any atom is -0.454 e. The summed E-state index contributed by atoms with van der Waals surface area (Å²) < 4.78 is 4.92. The van der Waals surface area contributed by atoms with Gasteiger partial charge in [-0.1, -0.05) is 24.6 Å². The molecule has 0 bridgehead atoms. The van der Waals surface area contributed by atoms with Gasteiger partial charge in [-0.2, -0.15) is 0 Å². The molecular formula is C19H25N3O5. The van der Waals surface area contributed by atoms with Crippen molar-refractivity contribution in [3.05, 3.63) is 28.8 Å². The molecular weight excluding hydrogens is 350 g/mol. The highest BCUT2D eigenvalue weighted by atomic mass is 16.5. The predicted molar refractivity (Wildman–Crippen MR) is 99.2 cm³/mol. The fraction of sp³-hybridized carbons (Fsp3) is 0.474. The van der Waals surface area contributed by atoms with E-state index in [9.17, 15) is 19.2 Å². The summed E-state index contributed by atoms with van der Waals surface area (Å²) in [7, 11) is 0. The lowest BCUT2D eigenvalue weighted by molar-refractivity contribution is -0.150. The number of hydrogen-bond donors (Lipinski definition) is 2. The molecule has 0 unspecified atom stereocenters. The predicted octanol–water partition coefficient (Wildman–Crippen LogP) is 1.81. The Kier molecular flexibility index (Phi) is 5.88. The molecule has 1 saturated heterocycles. The zero-order valence-corrected chi connectivity index (χ0v) is 16.3. The number of carbonyl (C=O) groups is 4. The Hall–Kier alpha value is -2.90. The Morgan fingerprint density at radius 2 is 1.78 bits per heavy atom. The number of esters is 1. The van der Waals surface area contributed by atoms with Crippen LogP contribution in [-0.4, -0.2) is 47.4 Å².